The second-order valence-electron chi connectivity index (χ2n) is 15.0. The molecule has 1 fully saturated rings. The monoisotopic (exact) mass is 832 g/mol. The molecule has 2 aromatic carbocycles. The minimum atomic E-state index is -1.75. The van der Waals surface area contributed by atoms with Crippen LogP contribution in [0.1, 0.15) is 68.4 Å². The van der Waals surface area contributed by atoms with Crippen molar-refractivity contribution in [1.82, 2.24) is 51.9 Å². The summed E-state index contributed by atoms with van der Waals surface area (Å²) in [7, 11) is 0. The summed E-state index contributed by atoms with van der Waals surface area (Å²) in [5, 5.41) is 38.3. The number of nitrogens with two attached hydrogens (primary N) is 1. The first-order valence-corrected chi connectivity index (χ1v) is 19.5. The van der Waals surface area contributed by atoms with Crippen LogP contribution in [0.3, 0.4) is 0 Å². The van der Waals surface area contributed by atoms with Crippen molar-refractivity contribution in [3.8, 4) is 11.4 Å². The third-order valence-corrected chi connectivity index (χ3v) is 10.1. The van der Waals surface area contributed by atoms with Crippen molar-refractivity contribution in [3.63, 3.8) is 0 Å². The quantitative estimate of drug-likeness (QED) is 0.0622. The summed E-state index contributed by atoms with van der Waals surface area (Å²) in [6.45, 7) is 2.74. The highest BCUT2D eigenvalue weighted by Gasteiger charge is 2.35. The Kier molecular flexibility index (Phi) is 15.5. The highest BCUT2D eigenvalue weighted by atomic mass is 19.1. The minimum absolute atomic E-state index is 0.0523. The van der Waals surface area contributed by atoms with Gasteiger partial charge in [-0.15, -0.1) is 10.2 Å². The number of aliphatic hydroxyl groups excluding tert-OH is 1. The second-order valence-corrected chi connectivity index (χ2v) is 15.0. The van der Waals surface area contributed by atoms with Gasteiger partial charge in [0.05, 0.1) is 6.04 Å². The summed E-state index contributed by atoms with van der Waals surface area (Å²) in [5.41, 5.74) is 4.09. The number of H-pyrrole nitrogens is 3. The Morgan fingerprint density at radius 1 is 0.900 bits per heavy atom. The molecule has 21 heteroatoms. The predicted octanol–water partition coefficient (Wildman–Crippen LogP) is -0.237. The highest BCUT2D eigenvalue weighted by Crippen LogP contribution is 2.28. The molecule has 4 aromatic rings. The lowest BCUT2D eigenvalue weighted by molar-refractivity contribution is -0.134. The second kappa shape index (κ2) is 20.9. The van der Waals surface area contributed by atoms with E-state index in [1.165, 1.54) is 0 Å². The van der Waals surface area contributed by atoms with E-state index in [0.29, 0.717) is 22.6 Å². The first-order chi connectivity index (χ1) is 28.7. The van der Waals surface area contributed by atoms with E-state index < -0.39 is 95.0 Å². The van der Waals surface area contributed by atoms with Gasteiger partial charge in [-0.1, -0.05) is 88.4 Å². The number of benzene rings is 2. The summed E-state index contributed by atoms with van der Waals surface area (Å²) in [4.78, 5) is 94.0. The Balaban J connectivity index is 1.29. The number of hydrogen-bond acceptors (Lipinski definition) is 12. The Hall–Kier alpha value is -6.61. The number of aliphatic hydroxyl groups is 1. The molecule has 0 saturated heterocycles. The van der Waals surface area contributed by atoms with Crippen LogP contribution >= 0.6 is 0 Å². The molecule has 320 valence electrons. The largest absolute Gasteiger partial charge is 0.381 e. The third kappa shape index (κ3) is 12.2. The smallest absolute Gasteiger partial charge is 0.326 e. The van der Waals surface area contributed by atoms with Crippen molar-refractivity contribution in [2.45, 2.75) is 89.1 Å². The average Bonchev–Trinajstić information content (AvgIpc) is 3.78. The molecule has 2 aromatic heterocycles. The van der Waals surface area contributed by atoms with E-state index >= 15 is 0 Å². The van der Waals surface area contributed by atoms with Crippen LogP contribution in [0, 0.1) is 17.7 Å². The van der Waals surface area contributed by atoms with E-state index in [4.69, 9.17) is 5.73 Å². The topological polar surface area (TPSA) is 312 Å². The number of hydrogen-bond donors (Lipinski definition) is 10. The lowest BCUT2D eigenvalue weighted by atomic mass is 9.84. The fourth-order valence-corrected chi connectivity index (χ4v) is 6.87. The lowest BCUT2D eigenvalue weighted by Crippen LogP contribution is -2.60. The van der Waals surface area contributed by atoms with Gasteiger partial charge in [-0.05, 0) is 47.6 Å². The fourth-order valence-electron chi connectivity index (χ4n) is 6.87. The molecule has 11 N–H and O–H groups in total. The van der Waals surface area contributed by atoms with E-state index in [1.54, 1.807) is 73.4 Å². The molecule has 5 rings (SSSR count). The first kappa shape index (κ1) is 44.5. The van der Waals surface area contributed by atoms with Gasteiger partial charge in [-0.25, -0.2) is 4.79 Å². The molecule has 0 spiro atoms. The summed E-state index contributed by atoms with van der Waals surface area (Å²) in [6, 6.07) is 10.5. The number of amides is 5. The van der Waals surface area contributed by atoms with Crippen molar-refractivity contribution in [2.75, 3.05) is 11.9 Å². The Morgan fingerprint density at radius 2 is 1.63 bits per heavy atom. The number of nitrogens with zero attached hydrogens (tertiary/aromatic N) is 3. The number of tetrazole rings is 1. The maximum absolute atomic E-state index is 14.3. The van der Waals surface area contributed by atoms with E-state index in [-0.39, 0.29) is 18.8 Å². The Bertz CT molecular complexity index is 2230. The number of rotatable bonds is 18. The molecular weight excluding hydrogens is 784 g/mol. The summed E-state index contributed by atoms with van der Waals surface area (Å²) >= 11 is 0. The maximum Gasteiger partial charge on any atom is 0.326 e. The molecule has 5 amide bonds. The van der Waals surface area contributed by atoms with Crippen molar-refractivity contribution in [3.05, 3.63) is 92.5 Å². The van der Waals surface area contributed by atoms with Gasteiger partial charge in [0.15, 0.2) is 6.10 Å². The standard InChI is InChI=1S/C39H49FN12O8/c1-20(2)29(46-33(54)25(41)19-42-36(57)30-28(40)35(56)48-39(60)47-30)37(58)45-27(17-22-12-7-4-8-13-22)34(55)44-26(16-21-10-5-3-6-11-21)31(53)38(59)43-24-15-9-14-23(18-24)32-49-51-52-50-32/h3,5-6,9-11,14-15,18,20,22,25-27,29,31,53H,4,7-8,12-13,16-17,19,41H2,1-2H3,(H,42,57)(H,43,59)(H,44,55)(H,45,58)(H,46,54)(H2,47,48,56,60)(H,49,50,51,52)/t25-,26-,27-,29-,31+/m0/s1. The number of carbonyl (C=O) groups is 5. The molecule has 0 unspecified atom stereocenters. The molecule has 1 aliphatic carbocycles. The van der Waals surface area contributed by atoms with Crippen LogP contribution in [-0.2, 0) is 25.6 Å². The molecule has 5 atom stereocenters. The van der Waals surface area contributed by atoms with Crippen LogP contribution in [0.15, 0.2) is 64.2 Å². The van der Waals surface area contributed by atoms with Gasteiger partial charge >= 0.3 is 5.69 Å². The van der Waals surface area contributed by atoms with E-state index in [1.807, 2.05) is 4.98 Å². The van der Waals surface area contributed by atoms with Gasteiger partial charge in [0, 0.05) is 17.8 Å². The molecule has 0 bridgehead atoms. The number of anilines is 1. The van der Waals surface area contributed by atoms with Crippen molar-refractivity contribution in [2.24, 2.45) is 17.6 Å². The number of nitrogens with one attached hydrogen (secondary N) is 8. The van der Waals surface area contributed by atoms with Crippen LogP contribution in [0.25, 0.3) is 11.4 Å². The normalized spacial score (nSPS) is 15.5. The zero-order chi connectivity index (χ0) is 43.3. The van der Waals surface area contributed by atoms with Gasteiger partial charge in [0.2, 0.25) is 29.4 Å². The van der Waals surface area contributed by atoms with Crippen LogP contribution in [0.2, 0.25) is 0 Å². The first-order valence-electron chi connectivity index (χ1n) is 19.5. The molecular formula is C39H49FN12O8. The van der Waals surface area contributed by atoms with E-state index in [0.717, 1.165) is 32.1 Å². The van der Waals surface area contributed by atoms with Crippen LogP contribution in [0.5, 0.6) is 0 Å². The number of halogens is 1. The van der Waals surface area contributed by atoms with E-state index in [2.05, 4.69) is 47.2 Å². The fraction of sp³-hybridized carbons (Fsp3) is 0.436. The van der Waals surface area contributed by atoms with Gasteiger partial charge in [-0.3, -0.25) is 33.8 Å². The molecule has 2 heterocycles. The molecule has 1 aliphatic rings. The van der Waals surface area contributed by atoms with Gasteiger partial charge in [0.1, 0.15) is 23.8 Å². The summed E-state index contributed by atoms with van der Waals surface area (Å²) in [5.74, 6) is -5.97. The summed E-state index contributed by atoms with van der Waals surface area (Å²) in [6.07, 6.45) is 3.11. The number of carbonyl (C=O) groups excluding carboxylic acids is 5. The SMILES string of the molecule is CC(C)[C@H](NC(=O)[C@@H](N)CNC(=O)c1[nH]c(=O)[nH]c(=O)c1F)C(=O)N[C@@H](CC1CCCCC1)C(=O)N[C@@H](Cc1ccccc1)[C@@H](O)C(=O)Nc1cccc(-c2nn[nH]n2)c1. The van der Waals surface area contributed by atoms with Crippen LogP contribution in [0.4, 0.5) is 10.1 Å². The van der Waals surface area contributed by atoms with Crippen molar-refractivity contribution < 1.29 is 33.5 Å². The zero-order valence-corrected chi connectivity index (χ0v) is 33.0. The molecule has 0 aliphatic heterocycles. The maximum atomic E-state index is 14.3. The predicted molar refractivity (Wildman–Crippen MR) is 214 cm³/mol. The van der Waals surface area contributed by atoms with Gasteiger partial charge < -0.3 is 42.4 Å². The van der Waals surface area contributed by atoms with Crippen molar-refractivity contribution in [1.29, 1.82) is 0 Å². The minimum Gasteiger partial charge on any atom is -0.381 e. The van der Waals surface area contributed by atoms with Gasteiger partial charge in [-0.2, -0.15) is 9.60 Å². The summed E-state index contributed by atoms with van der Waals surface area (Å²) < 4.78 is 14.2. The van der Waals surface area contributed by atoms with Gasteiger partial charge in [0.25, 0.3) is 17.4 Å². The van der Waals surface area contributed by atoms with Crippen molar-refractivity contribution >= 4 is 35.2 Å². The Morgan fingerprint density at radius 3 is 2.32 bits per heavy atom. The third-order valence-electron chi connectivity index (χ3n) is 10.1. The number of aromatic nitrogens is 6. The molecule has 1 saturated carbocycles. The molecule has 0 radical (unpaired) electrons. The highest BCUT2D eigenvalue weighted by molar-refractivity contribution is 5.97. The molecule has 60 heavy (non-hydrogen) atoms. The zero-order valence-electron chi connectivity index (χ0n) is 33.0. The van der Waals surface area contributed by atoms with Crippen LogP contribution < -0.4 is 43.6 Å². The average molecular weight is 833 g/mol. The Labute approximate surface area is 342 Å². The van der Waals surface area contributed by atoms with Crippen LogP contribution in [-0.4, -0.2) is 102 Å². The number of aromatic amines is 3. The lowest BCUT2D eigenvalue weighted by Gasteiger charge is -2.31. The molecule has 20 nitrogen and oxygen atoms in total. The van der Waals surface area contributed by atoms with E-state index in [9.17, 15) is 43.1 Å².